The van der Waals surface area contributed by atoms with E-state index in [2.05, 4.69) is 15.3 Å². The molecule has 2 aromatic heterocycles. The number of hydrogen-bond donors (Lipinski definition) is 0. The molecule has 0 spiro atoms. The first kappa shape index (κ1) is 17.9. The Morgan fingerprint density at radius 1 is 1.08 bits per heavy atom. The molecule has 0 radical (unpaired) electrons. The number of nitrogens with zero attached hydrogens (tertiary/aromatic N) is 5. The van der Waals surface area contributed by atoms with Gasteiger partial charge in [-0.2, -0.15) is 5.10 Å². The number of amides is 1. The van der Waals surface area contributed by atoms with E-state index < -0.39 is 0 Å². The zero-order valence-electron chi connectivity index (χ0n) is 14.9. The monoisotopic (exact) mass is 359 g/mol. The molecule has 1 amide bonds. The summed E-state index contributed by atoms with van der Waals surface area (Å²) >= 11 is 1.45. The fourth-order valence-electron chi connectivity index (χ4n) is 3.09. The summed E-state index contributed by atoms with van der Waals surface area (Å²) in [7, 11) is 0. The lowest BCUT2D eigenvalue weighted by molar-refractivity contribution is -0.128. The number of carbonyl (C=O) groups is 1. The van der Waals surface area contributed by atoms with E-state index in [0.717, 1.165) is 42.3 Å². The van der Waals surface area contributed by atoms with Gasteiger partial charge in [-0.15, -0.1) is 10.2 Å². The van der Waals surface area contributed by atoms with Crippen LogP contribution in [-0.2, 0) is 4.79 Å². The maximum absolute atomic E-state index is 12.4. The SMILES string of the molecule is Cc1cc(C)n(-c2ccc(SCC(=O)N3CCCCCCC3)nn2)n1. The van der Waals surface area contributed by atoms with Crippen molar-refractivity contribution >= 4 is 17.7 Å². The van der Waals surface area contributed by atoms with Crippen molar-refractivity contribution in [3.8, 4) is 5.82 Å². The lowest BCUT2D eigenvalue weighted by Crippen LogP contribution is -2.35. The Kier molecular flexibility index (Phi) is 6.07. The largest absolute Gasteiger partial charge is 0.342 e. The minimum Gasteiger partial charge on any atom is -0.342 e. The molecule has 0 N–H and O–H groups in total. The second kappa shape index (κ2) is 8.47. The number of aryl methyl sites for hydroxylation is 2. The van der Waals surface area contributed by atoms with E-state index in [1.165, 1.54) is 31.0 Å². The summed E-state index contributed by atoms with van der Waals surface area (Å²) in [5.74, 6) is 1.33. The molecule has 1 aliphatic heterocycles. The van der Waals surface area contributed by atoms with Crippen molar-refractivity contribution in [2.24, 2.45) is 0 Å². The van der Waals surface area contributed by atoms with Gasteiger partial charge in [0.1, 0.15) is 5.03 Å². The fourth-order valence-corrected chi connectivity index (χ4v) is 3.80. The van der Waals surface area contributed by atoms with E-state index in [1.807, 2.05) is 36.9 Å². The summed E-state index contributed by atoms with van der Waals surface area (Å²) < 4.78 is 1.78. The molecule has 7 heteroatoms. The van der Waals surface area contributed by atoms with Gasteiger partial charge in [-0.05, 0) is 44.9 Å². The van der Waals surface area contributed by atoms with Crippen LogP contribution in [-0.4, -0.2) is 49.6 Å². The van der Waals surface area contributed by atoms with Crippen LogP contribution in [0, 0.1) is 13.8 Å². The molecule has 0 aliphatic carbocycles. The number of aromatic nitrogens is 4. The van der Waals surface area contributed by atoms with Crippen LogP contribution in [0.15, 0.2) is 23.2 Å². The standard InChI is InChI=1S/C18H25N5OS/c1-14-12-15(2)23(21-14)16-8-9-17(20-19-16)25-13-18(24)22-10-6-4-3-5-7-11-22/h8-9,12H,3-7,10-11,13H2,1-2H3. The number of rotatable bonds is 4. The van der Waals surface area contributed by atoms with Gasteiger partial charge < -0.3 is 4.90 Å². The molecule has 3 rings (SSSR count). The molecule has 0 atom stereocenters. The lowest BCUT2D eigenvalue weighted by atomic mass is 10.1. The molecular weight excluding hydrogens is 334 g/mol. The Bertz CT molecular complexity index is 705. The van der Waals surface area contributed by atoms with Crippen LogP contribution in [0.3, 0.4) is 0 Å². The van der Waals surface area contributed by atoms with Crippen molar-refractivity contribution in [2.45, 2.75) is 51.0 Å². The van der Waals surface area contributed by atoms with Crippen molar-refractivity contribution < 1.29 is 4.79 Å². The second-order valence-electron chi connectivity index (χ2n) is 6.51. The predicted octanol–water partition coefficient (Wildman–Crippen LogP) is 3.16. The van der Waals surface area contributed by atoms with E-state index >= 15 is 0 Å². The topological polar surface area (TPSA) is 63.9 Å². The zero-order valence-corrected chi connectivity index (χ0v) is 15.8. The molecule has 0 saturated carbocycles. The summed E-state index contributed by atoms with van der Waals surface area (Å²) in [6, 6.07) is 5.81. The van der Waals surface area contributed by atoms with Crippen LogP contribution in [0.25, 0.3) is 5.82 Å². The normalized spacial score (nSPS) is 15.7. The molecule has 1 aliphatic rings. The van der Waals surface area contributed by atoms with E-state index in [-0.39, 0.29) is 5.91 Å². The van der Waals surface area contributed by atoms with E-state index in [1.54, 1.807) is 4.68 Å². The average Bonchev–Trinajstić information content (AvgIpc) is 2.91. The Labute approximate surface area is 153 Å². The van der Waals surface area contributed by atoms with Gasteiger partial charge >= 0.3 is 0 Å². The van der Waals surface area contributed by atoms with E-state index in [4.69, 9.17) is 0 Å². The predicted molar refractivity (Wildman–Crippen MR) is 99.0 cm³/mol. The third-order valence-corrected chi connectivity index (χ3v) is 5.31. The minimum absolute atomic E-state index is 0.205. The van der Waals surface area contributed by atoms with Gasteiger partial charge in [-0.3, -0.25) is 4.79 Å². The van der Waals surface area contributed by atoms with Gasteiger partial charge in [0, 0.05) is 18.8 Å². The smallest absolute Gasteiger partial charge is 0.232 e. The van der Waals surface area contributed by atoms with Gasteiger partial charge in [-0.25, -0.2) is 4.68 Å². The first-order valence-corrected chi connectivity index (χ1v) is 9.90. The third kappa shape index (κ3) is 4.81. The maximum Gasteiger partial charge on any atom is 0.232 e. The number of hydrogen-bond acceptors (Lipinski definition) is 5. The van der Waals surface area contributed by atoms with Crippen molar-refractivity contribution in [3.05, 3.63) is 29.6 Å². The maximum atomic E-state index is 12.4. The van der Waals surface area contributed by atoms with Crippen LogP contribution in [0.4, 0.5) is 0 Å². The first-order valence-electron chi connectivity index (χ1n) is 8.91. The van der Waals surface area contributed by atoms with Crippen molar-refractivity contribution in [1.82, 2.24) is 24.9 Å². The molecule has 1 fully saturated rings. The van der Waals surface area contributed by atoms with E-state index in [0.29, 0.717) is 11.6 Å². The molecular formula is C18H25N5OS. The summed E-state index contributed by atoms with van der Waals surface area (Å²) in [4.78, 5) is 14.4. The summed E-state index contributed by atoms with van der Waals surface area (Å²) in [5.41, 5.74) is 1.98. The zero-order chi connectivity index (χ0) is 17.6. The highest BCUT2D eigenvalue weighted by atomic mass is 32.2. The van der Waals surface area contributed by atoms with Crippen LogP contribution < -0.4 is 0 Å². The molecule has 2 aromatic rings. The van der Waals surface area contributed by atoms with Crippen molar-refractivity contribution in [1.29, 1.82) is 0 Å². The van der Waals surface area contributed by atoms with Gasteiger partial charge in [-0.1, -0.05) is 31.0 Å². The van der Waals surface area contributed by atoms with Gasteiger partial charge in [0.25, 0.3) is 0 Å². The summed E-state index contributed by atoms with van der Waals surface area (Å²) in [6.45, 7) is 5.73. The van der Waals surface area contributed by atoms with Gasteiger partial charge in [0.05, 0.1) is 11.4 Å². The van der Waals surface area contributed by atoms with Crippen molar-refractivity contribution in [2.75, 3.05) is 18.8 Å². The highest BCUT2D eigenvalue weighted by Gasteiger charge is 2.15. The molecule has 0 unspecified atom stereocenters. The lowest BCUT2D eigenvalue weighted by Gasteiger charge is -2.24. The average molecular weight is 359 g/mol. The molecule has 1 saturated heterocycles. The van der Waals surface area contributed by atoms with Crippen LogP contribution in [0.2, 0.25) is 0 Å². The van der Waals surface area contributed by atoms with Crippen LogP contribution in [0.1, 0.15) is 43.5 Å². The molecule has 25 heavy (non-hydrogen) atoms. The molecule has 0 aromatic carbocycles. The summed E-state index contributed by atoms with van der Waals surface area (Å²) in [6.07, 6.45) is 6.00. The Morgan fingerprint density at radius 3 is 2.40 bits per heavy atom. The summed E-state index contributed by atoms with van der Waals surface area (Å²) in [5, 5.41) is 13.7. The van der Waals surface area contributed by atoms with Gasteiger partial charge in [0.2, 0.25) is 5.91 Å². The molecule has 0 bridgehead atoms. The van der Waals surface area contributed by atoms with Gasteiger partial charge in [0.15, 0.2) is 5.82 Å². The second-order valence-corrected chi connectivity index (χ2v) is 7.50. The molecule has 134 valence electrons. The highest BCUT2D eigenvalue weighted by molar-refractivity contribution is 7.99. The first-order chi connectivity index (χ1) is 12.1. The Hall–Kier alpha value is -1.89. The molecule has 3 heterocycles. The molecule has 6 nitrogen and oxygen atoms in total. The van der Waals surface area contributed by atoms with Crippen LogP contribution >= 0.6 is 11.8 Å². The van der Waals surface area contributed by atoms with Crippen LogP contribution in [0.5, 0.6) is 0 Å². The number of likely N-dealkylation sites (tertiary alicyclic amines) is 1. The quantitative estimate of drug-likeness (QED) is 0.785. The van der Waals surface area contributed by atoms with E-state index in [9.17, 15) is 4.79 Å². The minimum atomic E-state index is 0.205. The number of thioether (sulfide) groups is 1. The Morgan fingerprint density at radius 2 is 1.80 bits per heavy atom. The highest BCUT2D eigenvalue weighted by Crippen LogP contribution is 2.18. The Balaban J connectivity index is 1.56. The van der Waals surface area contributed by atoms with Crippen molar-refractivity contribution in [3.63, 3.8) is 0 Å². The number of carbonyl (C=O) groups excluding carboxylic acids is 1. The fraction of sp³-hybridized carbons (Fsp3) is 0.556. The third-order valence-electron chi connectivity index (χ3n) is 4.40.